The quantitative estimate of drug-likeness (QED) is 0.812. The SMILES string of the molecule is Fc1cccc(F)c1CC1CC2(CNC2)C1. The van der Waals surface area contributed by atoms with Crippen LogP contribution >= 0.6 is 0 Å². The third kappa shape index (κ3) is 1.54. The summed E-state index contributed by atoms with van der Waals surface area (Å²) >= 11 is 0. The summed E-state index contributed by atoms with van der Waals surface area (Å²) in [6.07, 6.45) is 2.79. The third-order valence-corrected chi connectivity index (χ3v) is 4.00. The average molecular weight is 223 g/mol. The fourth-order valence-electron chi connectivity index (χ4n) is 3.09. The molecule has 16 heavy (non-hydrogen) atoms. The van der Waals surface area contributed by atoms with Crippen LogP contribution in [0.3, 0.4) is 0 Å². The van der Waals surface area contributed by atoms with Gasteiger partial charge in [0.2, 0.25) is 0 Å². The maximum Gasteiger partial charge on any atom is 0.129 e. The molecule has 0 radical (unpaired) electrons. The van der Waals surface area contributed by atoms with Crippen molar-refractivity contribution in [3.8, 4) is 0 Å². The monoisotopic (exact) mass is 223 g/mol. The van der Waals surface area contributed by atoms with Gasteiger partial charge in [0.25, 0.3) is 0 Å². The van der Waals surface area contributed by atoms with E-state index >= 15 is 0 Å². The Bertz CT molecular complexity index is 384. The zero-order valence-corrected chi connectivity index (χ0v) is 9.10. The Morgan fingerprint density at radius 3 is 2.31 bits per heavy atom. The minimum atomic E-state index is -0.396. The van der Waals surface area contributed by atoms with Crippen LogP contribution in [0, 0.1) is 23.0 Å². The first-order valence-corrected chi connectivity index (χ1v) is 5.82. The van der Waals surface area contributed by atoms with E-state index in [1.807, 2.05) is 0 Å². The predicted molar refractivity (Wildman–Crippen MR) is 58.1 cm³/mol. The van der Waals surface area contributed by atoms with Gasteiger partial charge in [-0.25, -0.2) is 8.78 Å². The number of nitrogens with one attached hydrogen (secondary N) is 1. The van der Waals surface area contributed by atoms with Gasteiger partial charge in [0, 0.05) is 18.7 Å². The van der Waals surface area contributed by atoms with Gasteiger partial charge >= 0.3 is 0 Å². The van der Waals surface area contributed by atoms with E-state index in [1.54, 1.807) is 0 Å². The summed E-state index contributed by atoms with van der Waals surface area (Å²) in [5.41, 5.74) is 0.751. The average Bonchev–Trinajstić information content (AvgIpc) is 2.11. The Hall–Kier alpha value is -0.960. The highest BCUT2D eigenvalue weighted by atomic mass is 19.1. The van der Waals surface area contributed by atoms with Crippen molar-refractivity contribution in [2.75, 3.05) is 13.1 Å². The van der Waals surface area contributed by atoms with Crippen LogP contribution in [0.1, 0.15) is 18.4 Å². The second kappa shape index (κ2) is 3.52. The smallest absolute Gasteiger partial charge is 0.129 e. The lowest BCUT2D eigenvalue weighted by molar-refractivity contribution is 0.000203. The Labute approximate surface area is 93.9 Å². The Morgan fingerprint density at radius 2 is 1.81 bits per heavy atom. The van der Waals surface area contributed by atoms with E-state index < -0.39 is 11.6 Å². The molecular weight excluding hydrogens is 208 g/mol. The van der Waals surface area contributed by atoms with Gasteiger partial charge in [-0.1, -0.05) is 6.07 Å². The van der Waals surface area contributed by atoms with Gasteiger partial charge in [0.05, 0.1) is 0 Å². The van der Waals surface area contributed by atoms with Crippen molar-refractivity contribution in [2.45, 2.75) is 19.3 Å². The van der Waals surface area contributed by atoms with Crippen LogP contribution in [-0.4, -0.2) is 13.1 Å². The minimum Gasteiger partial charge on any atom is -0.316 e. The zero-order chi connectivity index (χ0) is 11.2. The highest BCUT2D eigenvalue weighted by Crippen LogP contribution is 2.49. The van der Waals surface area contributed by atoms with Gasteiger partial charge in [-0.05, 0) is 42.7 Å². The number of rotatable bonds is 2. The van der Waals surface area contributed by atoms with E-state index in [0.717, 1.165) is 25.9 Å². The molecule has 1 heterocycles. The van der Waals surface area contributed by atoms with Crippen LogP contribution in [-0.2, 0) is 6.42 Å². The molecule has 2 aliphatic rings. The van der Waals surface area contributed by atoms with Crippen molar-refractivity contribution in [3.05, 3.63) is 35.4 Å². The molecule has 2 fully saturated rings. The Kier molecular flexibility index (Phi) is 2.25. The van der Waals surface area contributed by atoms with Crippen molar-refractivity contribution in [3.63, 3.8) is 0 Å². The summed E-state index contributed by atoms with van der Waals surface area (Å²) in [5.74, 6) is -0.325. The van der Waals surface area contributed by atoms with Crippen LogP contribution in [0.5, 0.6) is 0 Å². The van der Waals surface area contributed by atoms with E-state index in [4.69, 9.17) is 0 Å². The summed E-state index contributed by atoms with van der Waals surface area (Å²) < 4.78 is 26.8. The second-order valence-corrected chi connectivity index (χ2v) is 5.28. The minimum absolute atomic E-state index is 0.273. The third-order valence-electron chi connectivity index (χ3n) is 4.00. The predicted octanol–water partition coefficient (Wildman–Crippen LogP) is 2.51. The van der Waals surface area contributed by atoms with E-state index in [2.05, 4.69) is 5.32 Å². The largest absolute Gasteiger partial charge is 0.316 e. The summed E-state index contributed by atoms with van der Waals surface area (Å²) in [7, 11) is 0. The topological polar surface area (TPSA) is 12.0 Å². The van der Waals surface area contributed by atoms with Gasteiger partial charge in [0.15, 0.2) is 0 Å². The maximum absolute atomic E-state index is 13.4. The number of hydrogen-bond acceptors (Lipinski definition) is 1. The molecule has 0 atom stereocenters. The molecule has 1 N–H and O–H groups in total. The molecule has 1 aliphatic heterocycles. The first-order valence-electron chi connectivity index (χ1n) is 5.82. The highest BCUT2D eigenvalue weighted by molar-refractivity contribution is 5.21. The van der Waals surface area contributed by atoms with Crippen LogP contribution in [0.2, 0.25) is 0 Å². The maximum atomic E-state index is 13.4. The second-order valence-electron chi connectivity index (χ2n) is 5.28. The summed E-state index contributed by atoms with van der Waals surface area (Å²) in [4.78, 5) is 0. The molecule has 1 aromatic carbocycles. The fraction of sp³-hybridized carbons (Fsp3) is 0.538. The van der Waals surface area contributed by atoms with Crippen molar-refractivity contribution in [1.29, 1.82) is 0 Å². The molecule has 0 unspecified atom stereocenters. The van der Waals surface area contributed by atoms with Gasteiger partial charge in [0.1, 0.15) is 11.6 Å². The lowest BCUT2D eigenvalue weighted by atomic mass is 9.57. The summed E-state index contributed by atoms with van der Waals surface area (Å²) in [5, 5.41) is 3.26. The van der Waals surface area contributed by atoms with Crippen LogP contribution in [0.15, 0.2) is 18.2 Å². The van der Waals surface area contributed by atoms with E-state index in [-0.39, 0.29) is 5.56 Å². The molecular formula is C13H15F2N. The lowest BCUT2D eigenvalue weighted by Gasteiger charge is -2.54. The first kappa shape index (κ1) is 10.2. The van der Waals surface area contributed by atoms with Gasteiger partial charge in [-0.3, -0.25) is 0 Å². The van der Waals surface area contributed by atoms with Crippen molar-refractivity contribution in [1.82, 2.24) is 5.32 Å². The van der Waals surface area contributed by atoms with Crippen molar-refractivity contribution < 1.29 is 8.78 Å². The molecule has 1 spiro atoms. The molecule has 0 bridgehead atoms. The van der Waals surface area contributed by atoms with E-state index in [9.17, 15) is 8.78 Å². The zero-order valence-electron chi connectivity index (χ0n) is 9.10. The normalized spacial score (nSPS) is 22.9. The molecule has 1 nitrogen and oxygen atoms in total. The molecule has 1 aromatic rings. The molecule has 86 valence electrons. The van der Waals surface area contributed by atoms with Crippen LogP contribution < -0.4 is 5.32 Å². The van der Waals surface area contributed by atoms with Gasteiger partial charge < -0.3 is 5.32 Å². The number of benzene rings is 1. The van der Waals surface area contributed by atoms with E-state index in [0.29, 0.717) is 17.8 Å². The first-order chi connectivity index (χ1) is 7.69. The Morgan fingerprint density at radius 1 is 1.19 bits per heavy atom. The van der Waals surface area contributed by atoms with Crippen molar-refractivity contribution in [2.24, 2.45) is 11.3 Å². The summed E-state index contributed by atoms with van der Waals surface area (Å²) in [6.45, 7) is 2.17. The fourth-order valence-corrected chi connectivity index (χ4v) is 3.09. The van der Waals surface area contributed by atoms with Crippen LogP contribution in [0.25, 0.3) is 0 Å². The summed E-state index contributed by atoms with van der Waals surface area (Å²) in [6, 6.07) is 4.11. The van der Waals surface area contributed by atoms with E-state index in [1.165, 1.54) is 18.2 Å². The number of hydrogen-bond donors (Lipinski definition) is 1. The molecule has 1 aliphatic carbocycles. The standard InChI is InChI=1S/C13H15F2N/c14-11-2-1-3-12(15)10(11)4-9-5-13(6-9)7-16-8-13/h1-3,9,16H,4-8H2. The molecule has 1 saturated carbocycles. The van der Waals surface area contributed by atoms with Gasteiger partial charge in [-0.15, -0.1) is 0 Å². The number of halogens is 2. The van der Waals surface area contributed by atoms with Crippen molar-refractivity contribution >= 4 is 0 Å². The molecule has 1 saturated heterocycles. The Balaban J connectivity index is 1.67. The highest BCUT2D eigenvalue weighted by Gasteiger charge is 2.48. The molecule has 3 rings (SSSR count). The molecule has 0 amide bonds. The lowest BCUT2D eigenvalue weighted by Crippen LogP contribution is -2.60. The van der Waals surface area contributed by atoms with Crippen LogP contribution in [0.4, 0.5) is 8.78 Å². The van der Waals surface area contributed by atoms with Gasteiger partial charge in [-0.2, -0.15) is 0 Å². The molecule has 3 heteroatoms. The molecule has 0 aromatic heterocycles.